The molecular formula is C16H20BrFN2O2. The fraction of sp³-hybridized carbons (Fsp3) is 0.500. The third-order valence-electron chi connectivity index (χ3n) is 3.91. The second kappa shape index (κ2) is 7.72. The van der Waals surface area contributed by atoms with Crippen molar-refractivity contribution in [3.05, 3.63) is 34.1 Å². The molecule has 0 radical (unpaired) electrons. The van der Waals surface area contributed by atoms with Crippen LogP contribution in [0, 0.1) is 5.82 Å². The Morgan fingerprint density at radius 1 is 1.14 bits per heavy atom. The zero-order valence-corrected chi connectivity index (χ0v) is 14.2. The first kappa shape index (κ1) is 16.9. The molecule has 1 fully saturated rings. The lowest BCUT2D eigenvalue weighted by Crippen LogP contribution is -2.50. The second-order valence-corrected chi connectivity index (χ2v) is 6.27. The molecule has 1 saturated heterocycles. The SMILES string of the molecule is CCC(=O)N1CCN(C(=O)CCc2ccc(Br)cc2F)CC1. The number of benzene rings is 1. The number of rotatable bonds is 4. The Morgan fingerprint density at radius 3 is 2.27 bits per heavy atom. The molecule has 1 aliphatic rings. The van der Waals surface area contributed by atoms with Gasteiger partial charge in [0.25, 0.3) is 0 Å². The van der Waals surface area contributed by atoms with Crippen LogP contribution in [-0.4, -0.2) is 47.8 Å². The zero-order valence-electron chi connectivity index (χ0n) is 12.6. The van der Waals surface area contributed by atoms with E-state index >= 15 is 0 Å². The summed E-state index contributed by atoms with van der Waals surface area (Å²) in [6.45, 7) is 4.14. The number of nitrogens with zero attached hydrogens (tertiary/aromatic N) is 2. The molecule has 0 N–H and O–H groups in total. The normalized spacial score (nSPS) is 15.0. The van der Waals surface area contributed by atoms with Gasteiger partial charge in [0.1, 0.15) is 5.82 Å². The second-order valence-electron chi connectivity index (χ2n) is 5.35. The highest BCUT2D eigenvalue weighted by atomic mass is 79.9. The minimum absolute atomic E-state index is 0.0194. The summed E-state index contributed by atoms with van der Waals surface area (Å²) in [5.74, 6) is -0.143. The highest BCUT2D eigenvalue weighted by Crippen LogP contribution is 2.17. The van der Waals surface area contributed by atoms with E-state index in [1.807, 2.05) is 6.92 Å². The van der Waals surface area contributed by atoms with Crippen LogP contribution in [0.2, 0.25) is 0 Å². The Balaban J connectivity index is 1.82. The summed E-state index contributed by atoms with van der Waals surface area (Å²) in [4.78, 5) is 27.3. The Kier molecular flexibility index (Phi) is 5.94. The molecule has 1 aromatic rings. The van der Waals surface area contributed by atoms with E-state index in [-0.39, 0.29) is 17.6 Å². The Morgan fingerprint density at radius 2 is 1.73 bits per heavy atom. The van der Waals surface area contributed by atoms with E-state index in [0.717, 1.165) is 0 Å². The topological polar surface area (TPSA) is 40.6 Å². The molecule has 1 heterocycles. The number of amides is 2. The van der Waals surface area contributed by atoms with Gasteiger partial charge in [-0.3, -0.25) is 9.59 Å². The molecule has 22 heavy (non-hydrogen) atoms. The van der Waals surface area contributed by atoms with Crippen LogP contribution in [-0.2, 0) is 16.0 Å². The molecule has 0 atom stereocenters. The maximum atomic E-state index is 13.7. The summed E-state index contributed by atoms with van der Waals surface area (Å²) in [5.41, 5.74) is 0.552. The third kappa shape index (κ3) is 4.29. The number of aryl methyl sites for hydroxylation is 1. The predicted molar refractivity (Wildman–Crippen MR) is 85.9 cm³/mol. The lowest BCUT2D eigenvalue weighted by Gasteiger charge is -2.34. The average molecular weight is 371 g/mol. The minimum atomic E-state index is -0.291. The van der Waals surface area contributed by atoms with E-state index < -0.39 is 0 Å². The van der Waals surface area contributed by atoms with Crippen molar-refractivity contribution in [2.75, 3.05) is 26.2 Å². The molecule has 6 heteroatoms. The van der Waals surface area contributed by atoms with Crippen LogP contribution in [0.15, 0.2) is 22.7 Å². The molecule has 2 rings (SSSR count). The maximum Gasteiger partial charge on any atom is 0.223 e. The van der Waals surface area contributed by atoms with Gasteiger partial charge in [-0.1, -0.05) is 28.9 Å². The van der Waals surface area contributed by atoms with Gasteiger partial charge in [-0.2, -0.15) is 0 Å². The lowest BCUT2D eigenvalue weighted by atomic mass is 10.1. The van der Waals surface area contributed by atoms with Gasteiger partial charge >= 0.3 is 0 Å². The van der Waals surface area contributed by atoms with Crippen LogP contribution in [0.25, 0.3) is 0 Å². The first-order valence-electron chi connectivity index (χ1n) is 7.50. The Labute approximate surface area is 138 Å². The van der Waals surface area contributed by atoms with Gasteiger partial charge in [0, 0.05) is 43.5 Å². The molecule has 0 aliphatic carbocycles. The van der Waals surface area contributed by atoms with E-state index in [1.165, 1.54) is 6.07 Å². The summed E-state index contributed by atoms with van der Waals surface area (Å²) >= 11 is 3.21. The van der Waals surface area contributed by atoms with Crippen LogP contribution in [0.5, 0.6) is 0 Å². The Hall–Kier alpha value is -1.43. The number of halogens is 2. The van der Waals surface area contributed by atoms with Crippen LogP contribution in [0.1, 0.15) is 25.3 Å². The van der Waals surface area contributed by atoms with E-state index in [0.29, 0.717) is 55.5 Å². The highest BCUT2D eigenvalue weighted by Gasteiger charge is 2.23. The number of hydrogen-bond acceptors (Lipinski definition) is 2. The van der Waals surface area contributed by atoms with Gasteiger partial charge in [-0.05, 0) is 24.1 Å². The molecule has 2 amide bonds. The Bertz CT molecular complexity index is 557. The molecule has 4 nitrogen and oxygen atoms in total. The van der Waals surface area contributed by atoms with Crippen molar-refractivity contribution in [3.8, 4) is 0 Å². The monoisotopic (exact) mass is 370 g/mol. The summed E-state index contributed by atoms with van der Waals surface area (Å²) in [7, 11) is 0. The molecule has 0 aromatic heterocycles. The fourth-order valence-electron chi connectivity index (χ4n) is 2.55. The predicted octanol–water partition coefficient (Wildman–Crippen LogP) is 2.60. The summed E-state index contributed by atoms with van der Waals surface area (Å²) in [6, 6.07) is 4.89. The van der Waals surface area contributed by atoms with Crippen LogP contribution in [0.4, 0.5) is 4.39 Å². The van der Waals surface area contributed by atoms with Gasteiger partial charge in [-0.25, -0.2) is 4.39 Å². The molecule has 0 spiro atoms. The smallest absolute Gasteiger partial charge is 0.223 e. The van der Waals surface area contributed by atoms with Gasteiger partial charge in [-0.15, -0.1) is 0 Å². The van der Waals surface area contributed by atoms with E-state index in [2.05, 4.69) is 15.9 Å². The van der Waals surface area contributed by atoms with Crippen molar-refractivity contribution in [2.24, 2.45) is 0 Å². The molecule has 1 aromatic carbocycles. The van der Waals surface area contributed by atoms with Crippen molar-refractivity contribution in [3.63, 3.8) is 0 Å². The van der Waals surface area contributed by atoms with Gasteiger partial charge < -0.3 is 9.80 Å². The van der Waals surface area contributed by atoms with E-state index in [1.54, 1.807) is 21.9 Å². The van der Waals surface area contributed by atoms with Crippen molar-refractivity contribution in [1.82, 2.24) is 9.80 Å². The van der Waals surface area contributed by atoms with E-state index in [9.17, 15) is 14.0 Å². The third-order valence-corrected chi connectivity index (χ3v) is 4.40. The number of piperazine rings is 1. The summed E-state index contributed by atoms with van der Waals surface area (Å²) in [5, 5.41) is 0. The maximum absolute atomic E-state index is 13.7. The minimum Gasteiger partial charge on any atom is -0.339 e. The van der Waals surface area contributed by atoms with Crippen LogP contribution in [0.3, 0.4) is 0 Å². The van der Waals surface area contributed by atoms with Crippen molar-refractivity contribution in [2.45, 2.75) is 26.2 Å². The van der Waals surface area contributed by atoms with Crippen LogP contribution >= 0.6 is 15.9 Å². The van der Waals surface area contributed by atoms with Crippen molar-refractivity contribution in [1.29, 1.82) is 0 Å². The quantitative estimate of drug-likeness (QED) is 0.817. The number of hydrogen-bond donors (Lipinski definition) is 0. The number of carbonyl (C=O) groups is 2. The van der Waals surface area contributed by atoms with E-state index in [4.69, 9.17) is 0 Å². The summed E-state index contributed by atoms with van der Waals surface area (Å²) in [6.07, 6.45) is 1.18. The highest BCUT2D eigenvalue weighted by molar-refractivity contribution is 9.10. The average Bonchev–Trinajstić information content (AvgIpc) is 2.53. The first-order valence-corrected chi connectivity index (χ1v) is 8.30. The molecule has 0 unspecified atom stereocenters. The zero-order chi connectivity index (χ0) is 16.1. The van der Waals surface area contributed by atoms with Crippen molar-refractivity contribution >= 4 is 27.7 Å². The largest absolute Gasteiger partial charge is 0.339 e. The van der Waals surface area contributed by atoms with Crippen molar-refractivity contribution < 1.29 is 14.0 Å². The standard InChI is InChI=1S/C16H20BrFN2O2/c1-2-15(21)19-7-9-20(10-8-19)16(22)6-4-12-3-5-13(17)11-14(12)18/h3,5,11H,2,4,6-10H2,1H3. The fourth-order valence-corrected chi connectivity index (χ4v) is 2.89. The molecular weight excluding hydrogens is 351 g/mol. The first-order chi connectivity index (χ1) is 10.5. The molecule has 1 aliphatic heterocycles. The van der Waals surface area contributed by atoms with Crippen LogP contribution < -0.4 is 0 Å². The van der Waals surface area contributed by atoms with Gasteiger partial charge in [0.2, 0.25) is 11.8 Å². The number of carbonyl (C=O) groups excluding carboxylic acids is 2. The van der Waals surface area contributed by atoms with Gasteiger partial charge in [0.15, 0.2) is 0 Å². The summed E-state index contributed by atoms with van der Waals surface area (Å²) < 4.78 is 14.4. The molecule has 120 valence electrons. The molecule has 0 saturated carbocycles. The lowest BCUT2D eigenvalue weighted by molar-refractivity contribution is -0.139. The van der Waals surface area contributed by atoms with Gasteiger partial charge in [0.05, 0.1) is 0 Å². The molecule has 0 bridgehead atoms.